The standard InChI is InChI=1S/C11H16N2O4/c1-8-4-10(12-17-8)16-7-11(15)13-3-2-9(5-13)6-14/h4,9,14H,2-3,5-7H2,1H3. The predicted molar refractivity (Wildman–Crippen MR) is 58.5 cm³/mol. The number of aliphatic hydroxyl groups is 1. The third kappa shape index (κ3) is 2.97. The highest BCUT2D eigenvalue weighted by Crippen LogP contribution is 2.16. The van der Waals surface area contributed by atoms with Gasteiger partial charge in [-0.1, -0.05) is 0 Å². The summed E-state index contributed by atoms with van der Waals surface area (Å²) in [6, 6.07) is 1.63. The fourth-order valence-corrected chi connectivity index (χ4v) is 1.85. The highest BCUT2D eigenvalue weighted by Gasteiger charge is 2.25. The Labute approximate surface area is 99.1 Å². The maximum absolute atomic E-state index is 11.7. The van der Waals surface area contributed by atoms with E-state index in [2.05, 4.69) is 5.16 Å². The molecule has 1 fully saturated rings. The minimum Gasteiger partial charge on any atom is -0.465 e. The van der Waals surface area contributed by atoms with E-state index in [1.807, 2.05) is 0 Å². The van der Waals surface area contributed by atoms with Gasteiger partial charge in [0.25, 0.3) is 11.8 Å². The van der Waals surface area contributed by atoms with Crippen molar-refractivity contribution in [2.24, 2.45) is 5.92 Å². The van der Waals surface area contributed by atoms with Crippen LogP contribution >= 0.6 is 0 Å². The number of aliphatic hydroxyl groups excluding tert-OH is 1. The molecule has 0 radical (unpaired) electrons. The molecular formula is C11H16N2O4. The van der Waals surface area contributed by atoms with E-state index in [4.69, 9.17) is 14.4 Å². The van der Waals surface area contributed by atoms with Gasteiger partial charge in [0, 0.05) is 31.7 Å². The van der Waals surface area contributed by atoms with Crippen molar-refractivity contribution in [1.29, 1.82) is 0 Å². The number of carbonyl (C=O) groups excluding carboxylic acids is 1. The lowest BCUT2D eigenvalue weighted by molar-refractivity contribution is -0.132. The first-order valence-corrected chi connectivity index (χ1v) is 5.64. The molecule has 0 bridgehead atoms. The smallest absolute Gasteiger partial charge is 0.260 e. The summed E-state index contributed by atoms with van der Waals surface area (Å²) >= 11 is 0. The molecule has 0 aromatic carbocycles. The lowest BCUT2D eigenvalue weighted by atomic mass is 10.1. The van der Waals surface area contributed by atoms with E-state index in [1.54, 1.807) is 17.9 Å². The van der Waals surface area contributed by atoms with Crippen LogP contribution in [0.4, 0.5) is 0 Å². The van der Waals surface area contributed by atoms with Gasteiger partial charge in [0.15, 0.2) is 6.61 Å². The van der Waals surface area contributed by atoms with Gasteiger partial charge in [0.05, 0.1) is 0 Å². The zero-order chi connectivity index (χ0) is 12.3. The second-order valence-electron chi connectivity index (χ2n) is 4.24. The van der Waals surface area contributed by atoms with Gasteiger partial charge >= 0.3 is 0 Å². The number of hydrogen-bond donors (Lipinski definition) is 1. The Morgan fingerprint density at radius 3 is 3.18 bits per heavy atom. The van der Waals surface area contributed by atoms with Gasteiger partial charge in [-0.05, 0) is 18.5 Å². The first-order valence-electron chi connectivity index (χ1n) is 5.64. The van der Waals surface area contributed by atoms with E-state index >= 15 is 0 Å². The van der Waals surface area contributed by atoms with Crippen LogP contribution in [0.3, 0.4) is 0 Å². The summed E-state index contributed by atoms with van der Waals surface area (Å²) in [5, 5.41) is 12.6. The minimum absolute atomic E-state index is 0.0376. The summed E-state index contributed by atoms with van der Waals surface area (Å²) in [4.78, 5) is 13.5. The molecular weight excluding hydrogens is 224 g/mol. The average Bonchev–Trinajstić information content (AvgIpc) is 2.94. The minimum atomic E-state index is -0.0818. The van der Waals surface area contributed by atoms with Crippen LogP contribution in [0.15, 0.2) is 10.6 Å². The van der Waals surface area contributed by atoms with Gasteiger partial charge in [0.2, 0.25) is 0 Å². The maximum atomic E-state index is 11.7. The number of rotatable bonds is 4. The predicted octanol–water partition coefficient (Wildman–Crippen LogP) is 0.203. The van der Waals surface area contributed by atoms with Crippen LogP contribution in [0.25, 0.3) is 0 Å². The van der Waals surface area contributed by atoms with Crippen molar-refractivity contribution in [3.63, 3.8) is 0 Å². The Bertz CT molecular complexity index is 391. The van der Waals surface area contributed by atoms with Crippen LogP contribution < -0.4 is 4.74 Å². The molecule has 17 heavy (non-hydrogen) atoms. The number of aryl methyl sites for hydroxylation is 1. The first kappa shape index (κ1) is 11.9. The Hall–Kier alpha value is -1.56. The van der Waals surface area contributed by atoms with E-state index in [0.717, 1.165) is 6.42 Å². The Kier molecular flexibility index (Phi) is 3.63. The highest BCUT2D eigenvalue weighted by atomic mass is 16.5. The normalized spacial score (nSPS) is 19.6. The summed E-state index contributed by atoms with van der Waals surface area (Å²) in [6.07, 6.45) is 0.852. The molecule has 0 saturated carbocycles. The molecule has 6 nitrogen and oxygen atoms in total. The molecule has 0 spiro atoms. The van der Waals surface area contributed by atoms with Crippen LogP contribution in [-0.2, 0) is 4.79 Å². The molecule has 1 aliphatic rings. The zero-order valence-corrected chi connectivity index (χ0v) is 9.76. The lowest BCUT2D eigenvalue weighted by Gasteiger charge is -2.15. The van der Waals surface area contributed by atoms with Crippen molar-refractivity contribution in [3.8, 4) is 5.88 Å². The molecule has 1 aliphatic heterocycles. The molecule has 6 heteroatoms. The van der Waals surface area contributed by atoms with Crippen molar-refractivity contribution < 1.29 is 19.2 Å². The molecule has 2 heterocycles. The molecule has 1 N–H and O–H groups in total. The van der Waals surface area contributed by atoms with Gasteiger partial charge in [-0.15, -0.1) is 0 Å². The highest BCUT2D eigenvalue weighted by molar-refractivity contribution is 5.78. The molecule has 1 unspecified atom stereocenters. The third-order valence-corrected chi connectivity index (χ3v) is 2.85. The Balaban J connectivity index is 1.78. The number of likely N-dealkylation sites (tertiary alicyclic amines) is 1. The van der Waals surface area contributed by atoms with Crippen molar-refractivity contribution in [3.05, 3.63) is 11.8 Å². The summed E-state index contributed by atoms with van der Waals surface area (Å²) in [5.74, 6) is 1.09. The summed E-state index contributed by atoms with van der Waals surface area (Å²) in [5.41, 5.74) is 0. The molecule has 1 aromatic heterocycles. The Morgan fingerprint density at radius 2 is 2.59 bits per heavy atom. The van der Waals surface area contributed by atoms with Crippen LogP contribution in [-0.4, -0.2) is 47.4 Å². The second-order valence-corrected chi connectivity index (χ2v) is 4.24. The topological polar surface area (TPSA) is 75.8 Å². The molecule has 1 atom stereocenters. The lowest BCUT2D eigenvalue weighted by Crippen LogP contribution is -2.33. The van der Waals surface area contributed by atoms with Crippen LogP contribution in [0.1, 0.15) is 12.2 Å². The Morgan fingerprint density at radius 1 is 1.76 bits per heavy atom. The van der Waals surface area contributed by atoms with E-state index in [9.17, 15) is 4.79 Å². The average molecular weight is 240 g/mol. The number of nitrogens with zero attached hydrogens (tertiary/aromatic N) is 2. The number of hydrogen-bond acceptors (Lipinski definition) is 5. The van der Waals surface area contributed by atoms with Crippen molar-refractivity contribution in [1.82, 2.24) is 10.1 Å². The van der Waals surface area contributed by atoms with E-state index in [0.29, 0.717) is 24.7 Å². The summed E-state index contributed by atoms with van der Waals surface area (Å²) in [7, 11) is 0. The van der Waals surface area contributed by atoms with Gasteiger partial charge in [-0.25, -0.2) is 0 Å². The quantitative estimate of drug-likeness (QED) is 0.813. The van der Waals surface area contributed by atoms with Crippen LogP contribution in [0.2, 0.25) is 0 Å². The molecule has 1 amide bonds. The van der Waals surface area contributed by atoms with Crippen molar-refractivity contribution in [2.45, 2.75) is 13.3 Å². The second kappa shape index (κ2) is 5.18. The van der Waals surface area contributed by atoms with E-state index < -0.39 is 0 Å². The van der Waals surface area contributed by atoms with E-state index in [-0.39, 0.29) is 25.0 Å². The maximum Gasteiger partial charge on any atom is 0.260 e. The van der Waals surface area contributed by atoms with Crippen molar-refractivity contribution in [2.75, 3.05) is 26.3 Å². The fourth-order valence-electron chi connectivity index (χ4n) is 1.85. The zero-order valence-electron chi connectivity index (χ0n) is 9.76. The first-order chi connectivity index (χ1) is 8.19. The fraction of sp³-hybridized carbons (Fsp3) is 0.636. The molecule has 0 aliphatic carbocycles. The molecule has 1 saturated heterocycles. The molecule has 2 rings (SSSR count). The van der Waals surface area contributed by atoms with Gasteiger partial charge in [-0.2, -0.15) is 0 Å². The number of carbonyl (C=O) groups is 1. The summed E-state index contributed by atoms with van der Waals surface area (Å²) in [6.45, 7) is 3.15. The number of ether oxygens (including phenoxy) is 1. The van der Waals surface area contributed by atoms with Gasteiger partial charge in [0.1, 0.15) is 5.76 Å². The van der Waals surface area contributed by atoms with Crippen LogP contribution in [0.5, 0.6) is 5.88 Å². The largest absolute Gasteiger partial charge is 0.465 e. The number of aromatic nitrogens is 1. The number of amides is 1. The SMILES string of the molecule is Cc1cc(OCC(=O)N2CCC(CO)C2)no1. The summed E-state index contributed by atoms with van der Waals surface area (Å²) < 4.78 is 10.0. The van der Waals surface area contributed by atoms with Crippen LogP contribution in [0, 0.1) is 12.8 Å². The van der Waals surface area contributed by atoms with Crippen molar-refractivity contribution >= 4 is 5.91 Å². The van der Waals surface area contributed by atoms with E-state index in [1.165, 1.54) is 0 Å². The van der Waals surface area contributed by atoms with Gasteiger partial charge < -0.3 is 19.3 Å². The third-order valence-electron chi connectivity index (χ3n) is 2.85. The molecule has 94 valence electrons. The monoisotopic (exact) mass is 240 g/mol. The molecule has 1 aromatic rings. The van der Waals surface area contributed by atoms with Gasteiger partial charge in [-0.3, -0.25) is 4.79 Å².